The molecule has 0 amide bonds. The number of hydrogen-bond acceptors (Lipinski definition) is 3. The Morgan fingerprint density at radius 2 is 2.31 bits per heavy atom. The van der Waals surface area contributed by atoms with Crippen molar-refractivity contribution in [1.82, 2.24) is 5.32 Å². The van der Waals surface area contributed by atoms with E-state index in [1.165, 1.54) is 48.8 Å². The third-order valence-corrected chi connectivity index (χ3v) is 4.55. The summed E-state index contributed by atoms with van der Waals surface area (Å²) in [6.45, 7) is 3.54. The molecule has 0 aliphatic carbocycles. The van der Waals surface area contributed by atoms with E-state index >= 15 is 0 Å². The van der Waals surface area contributed by atoms with Crippen LogP contribution in [0.4, 0.5) is 5.69 Å². The first-order valence-corrected chi connectivity index (χ1v) is 7.23. The largest absolute Gasteiger partial charge is 0.369 e. The third-order valence-electron chi connectivity index (χ3n) is 3.42. The van der Waals surface area contributed by atoms with Crippen LogP contribution in [0.1, 0.15) is 5.56 Å². The molecule has 1 aromatic carbocycles. The first-order chi connectivity index (χ1) is 7.93. The SMILES string of the molecule is c1ccc2c(c1)CCN2CC1CSCCN1. The van der Waals surface area contributed by atoms with Gasteiger partial charge in [0.25, 0.3) is 0 Å². The number of nitrogens with zero attached hydrogens (tertiary/aromatic N) is 1. The minimum absolute atomic E-state index is 0.671. The van der Waals surface area contributed by atoms with Crippen molar-refractivity contribution in [3.63, 3.8) is 0 Å². The molecule has 3 rings (SSSR count). The van der Waals surface area contributed by atoms with Crippen LogP contribution < -0.4 is 10.2 Å². The molecular formula is C13H18N2S. The van der Waals surface area contributed by atoms with Crippen molar-refractivity contribution >= 4 is 17.4 Å². The summed E-state index contributed by atoms with van der Waals surface area (Å²) in [7, 11) is 0. The van der Waals surface area contributed by atoms with Gasteiger partial charge >= 0.3 is 0 Å². The summed E-state index contributed by atoms with van der Waals surface area (Å²) in [5, 5.41) is 3.61. The molecule has 2 aliphatic rings. The molecule has 2 heterocycles. The second-order valence-corrected chi connectivity index (χ2v) is 5.70. The number of hydrogen-bond donors (Lipinski definition) is 1. The van der Waals surface area contributed by atoms with Crippen LogP contribution in [0, 0.1) is 0 Å². The number of para-hydroxylation sites is 1. The molecule has 1 unspecified atom stereocenters. The zero-order valence-electron chi connectivity index (χ0n) is 9.48. The topological polar surface area (TPSA) is 15.3 Å². The maximum absolute atomic E-state index is 3.61. The second-order valence-electron chi connectivity index (χ2n) is 4.55. The van der Waals surface area contributed by atoms with E-state index < -0.39 is 0 Å². The predicted octanol–water partition coefficient (Wildman–Crippen LogP) is 1.75. The van der Waals surface area contributed by atoms with Gasteiger partial charge in [0.2, 0.25) is 0 Å². The van der Waals surface area contributed by atoms with Gasteiger partial charge < -0.3 is 10.2 Å². The van der Waals surface area contributed by atoms with Crippen LogP contribution in [0.25, 0.3) is 0 Å². The molecule has 2 aliphatic heterocycles. The Morgan fingerprint density at radius 3 is 3.19 bits per heavy atom. The van der Waals surface area contributed by atoms with E-state index in [-0.39, 0.29) is 0 Å². The Hall–Kier alpha value is -0.670. The van der Waals surface area contributed by atoms with Crippen LogP contribution >= 0.6 is 11.8 Å². The van der Waals surface area contributed by atoms with Crippen molar-refractivity contribution in [3.8, 4) is 0 Å². The van der Waals surface area contributed by atoms with Crippen molar-refractivity contribution in [2.24, 2.45) is 0 Å². The standard InChI is InChI=1S/C13H18N2S/c1-2-4-13-11(3-1)5-7-15(13)9-12-10-16-8-6-14-12/h1-4,12,14H,5-10H2. The minimum atomic E-state index is 0.671. The van der Waals surface area contributed by atoms with Gasteiger partial charge in [0.1, 0.15) is 0 Å². The number of fused-ring (bicyclic) bond motifs is 1. The van der Waals surface area contributed by atoms with E-state index in [0.29, 0.717) is 6.04 Å². The van der Waals surface area contributed by atoms with E-state index in [9.17, 15) is 0 Å². The van der Waals surface area contributed by atoms with Crippen molar-refractivity contribution in [3.05, 3.63) is 29.8 Å². The number of rotatable bonds is 2. The predicted molar refractivity (Wildman–Crippen MR) is 71.5 cm³/mol. The highest BCUT2D eigenvalue weighted by molar-refractivity contribution is 7.99. The number of benzene rings is 1. The van der Waals surface area contributed by atoms with Gasteiger partial charge in [-0.15, -0.1) is 0 Å². The summed E-state index contributed by atoms with van der Waals surface area (Å²) in [4.78, 5) is 2.54. The monoisotopic (exact) mass is 234 g/mol. The first kappa shape index (κ1) is 10.5. The summed E-state index contributed by atoms with van der Waals surface area (Å²) < 4.78 is 0. The van der Waals surface area contributed by atoms with Gasteiger partial charge in [-0.05, 0) is 18.1 Å². The summed E-state index contributed by atoms with van der Waals surface area (Å²) in [5.74, 6) is 2.53. The van der Waals surface area contributed by atoms with Crippen molar-refractivity contribution in [1.29, 1.82) is 0 Å². The van der Waals surface area contributed by atoms with Crippen LogP contribution in [0.3, 0.4) is 0 Å². The zero-order chi connectivity index (χ0) is 10.8. The molecule has 2 nitrogen and oxygen atoms in total. The molecule has 3 heteroatoms. The van der Waals surface area contributed by atoms with Gasteiger partial charge in [0.05, 0.1) is 0 Å². The lowest BCUT2D eigenvalue weighted by Crippen LogP contribution is -2.45. The Balaban J connectivity index is 1.68. The molecule has 0 bridgehead atoms. The van der Waals surface area contributed by atoms with Crippen LogP contribution in [0.15, 0.2) is 24.3 Å². The van der Waals surface area contributed by atoms with Gasteiger partial charge in [0.15, 0.2) is 0 Å². The molecule has 1 aromatic rings. The van der Waals surface area contributed by atoms with Gasteiger partial charge in [-0.3, -0.25) is 0 Å². The molecule has 1 saturated heterocycles. The van der Waals surface area contributed by atoms with E-state index in [1.807, 2.05) is 0 Å². The van der Waals surface area contributed by atoms with Crippen LogP contribution in [0.5, 0.6) is 0 Å². The average molecular weight is 234 g/mol. The Kier molecular flexibility index (Phi) is 3.06. The summed E-state index contributed by atoms with van der Waals surface area (Å²) in [6, 6.07) is 9.50. The number of anilines is 1. The normalized spacial score (nSPS) is 24.5. The van der Waals surface area contributed by atoms with Gasteiger partial charge in [-0.1, -0.05) is 18.2 Å². The maximum atomic E-state index is 3.61. The quantitative estimate of drug-likeness (QED) is 0.839. The van der Waals surface area contributed by atoms with E-state index in [4.69, 9.17) is 0 Å². The second kappa shape index (κ2) is 4.68. The molecular weight excluding hydrogens is 216 g/mol. The molecule has 0 spiro atoms. The zero-order valence-corrected chi connectivity index (χ0v) is 10.3. The molecule has 0 saturated carbocycles. The fraction of sp³-hybridized carbons (Fsp3) is 0.538. The molecule has 1 fully saturated rings. The van der Waals surface area contributed by atoms with Crippen LogP contribution in [-0.2, 0) is 6.42 Å². The van der Waals surface area contributed by atoms with E-state index in [0.717, 1.165) is 0 Å². The van der Waals surface area contributed by atoms with Crippen molar-refractivity contribution in [2.45, 2.75) is 12.5 Å². The molecule has 1 N–H and O–H groups in total. The van der Waals surface area contributed by atoms with Gasteiger partial charge in [-0.25, -0.2) is 0 Å². The fourth-order valence-electron chi connectivity index (χ4n) is 2.60. The van der Waals surface area contributed by atoms with Crippen LogP contribution in [-0.4, -0.2) is 37.2 Å². The average Bonchev–Trinajstić information content (AvgIpc) is 2.74. The highest BCUT2D eigenvalue weighted by Crippen LogP contribution is 2.27. The minimum Gasteiger partial charge on any atom is -0.369 e. The maximum Gasteiger partial charge on any atom is 0.0400 e. The number of nitrogens with one attached hydrogen (secondary N) is 1. The molecule has 1 atom stereocenters. The van der Waals surface area contributed by atoms with E-state index in [1.54, 1.807) is 0 Å². The summed E-state index contributed by atoms with van der Waals surface area (Å²) in [6.07, 6.45) is 1.22. The van der Waals surface area contributed by atoms with Crippen molar-refractivity contribution < 1.29 is 0 Å². The Morgan fingerprint density at radius 1 is 1.38 bits per heavy atom. The third kappa shape index (κ3) is 2.06. The van der Waals surface area contributed by atoms with Gasteiger partial charge in [0, 0.05) is 42.9 Å². The number of thioether (sulfide) groups is 1. The lowest BCUT2D eigenvalue weighted by Gasteiger charge is -2.29. The van der Waals surface area contributed by atoms with Crippen LogP contribution in [0.2, 0.25) is 0 Å². The Bertz CT molecular complexity index is 361. The van der Waals surface area contributed by atoms with E-state index in [2.05, 4.69) is 46.2 Å². The van der Waals surface area contributed by atoms with Gasteiger partial charge in [-0.2, -0.15) is 11.8 Å². The lowest BCUT2D eigenvalue weighted by atomic mass is 10.2. The Labute approximate surface area is 101 Å². The highest BCUT2D eigenvalue weighted by Gasteiger charge is 2.22. The van der Waals surface area contributed by atoms with Crippen molar-refractivity contribution in [2.75, 3.05) is 36.0 Å². The highest BCUT2D eigenvalue weighted by atomic mass is 32.2. The molecule has 86 valence electrons. The molecule has 0 aromatic heterocycles. The lowest BCUT2D eigenvalue weighted by molar-refractivity contribution is 0.555. The fourth-order valence-corrected chi connectivity index (χ4v) is 3.54. The summed E-state index contributed by atoms with van der Waals surface area (Å²) in [5.41, 5.74) is 2.98. The molecule has 16 heavy (non-hydrogen) atoms. The smallest absolute Gasteiger partial charge is 0.0400 e. The summed E-state index contributed by atoms with van der Waals surface area (Å²) >= 11 is 2.08. The molecule has 0 radical (unpaired) electrons. The first-order valence-electron chi connectivity index (χ1n) is 6.07.